The molecule has 0 radical (unpaired) electrons. The van der Waals surface area contributed by atoms with Crippen molar-refractivity contribution < 1.29 is 19.3 Å². The van der Waals surface area contributed by atoms with Crippen molar-refractivity contribution in [1.29, 1.82) is 0 Å². The minimum Gasteiger partial charge on any atom is -0.504 e. The van der Waals surface area contributed by atoms with Gasteiger partial charge in [-0.25, -0.2) is 9.50 Å². The first-order valence-corrected chi connectivity index (χ1v) is 8.35. The van der Waals surface area contributed by atoms with Crippen LogP contribution in [-0.2, 0) is 0 Å². The Morgan fingerprint density at radius 1 is 1.00 bits per heavy atom. The van der Waals surface area contributed by atoms with Gasteiger partial charge in [0.05, 0.1) is 24.7 Å². The zero-order chi connectivity index (χ0) is 18.4. The Morgan fingerprint density at radius 3 is 2.74 bits per heavy atom. The van der Waals surface area contributed by atoms with Crippen LogP contribution in [0.4, 0.5) is 0 Å². The summed E-state index contributed by atoms with van der Waals surface area (Å²) >= 11 is 0. The van der Waals surface area contributed by atoms with Gasteiger partial charge in [0.1, 0.15) is 0 Å². The Labute approximate surface area is 154 Å². The minimum atomic E-state index is 0.0871. The Morgan fingerprint density at radius 2 is 1.85 bits per heavy atom. The third kappa shape index (κ3) is 2.52. The van der Waals surface area contributed by atoms with Crippen LogP contribution in [0.1, 0.15) is 0 Å². The number of rotatable bonds is 3. The van der Waals surface area contributed by atoms with Gasteiger partial charge in [0.25, 0.3) is 0 Å². The van der Waals surface area contributed by atoms with Crippen molar-refractivity contribution in [3.63, 3.8) is 0 Å². The van der Waals surface area contributed by atoms with Crippen LogP contribution in [-0.4, -0.2) is 33.6 Å². The average molecular weight is 361 g/mol. The molecule has 1 aliphatic rings. The first-order chi connectivity index (χ1) is 13.2. The number of ether oxygens (including phenoxy) is 3. The molecule has 5 rings (SSSR count). The van der Waals surface area contributed by atoms with Crippen molar-refractivity contribution >= 4 is 5.65 Å². The lowest BCUT2D eigenvalue weighted by molar-refractivity contribution is 0.174. The fourth-order valence-electron chi connectivity index (χ4n) is 3.12. The number of aromatic hydroxyl groups is 1. The van der Waals surface area contributed by atoms with E-state index in [4.69, 9.17) is 19.3 Å². The molecule has 0 saturated heterocycles. The van der Waals surface area contributed by atoms with Gasteiger partial charge in [-0.3, -0.25) is 0 Å². The predicted octanol–water partition coefficient (Wildman–Crippen LogP) is 3.51. The topological polar surface area (TPSA) is 78.1 Å². The maximum atomic E-state index is 9.83. The van der Waals surface area contributed by atoms with E-state index >= 15 is 0 Å². The number of imidazole rings is 1. The summed E-state index contributed by atoms with van der Waals surface area (Å²) in [5.74, 6) is 1.93. The van der Waals surface area contributed by atoms with Crippen molar-refractivity contribution in [2.75, 3.05) is 13.9 Å². The maximum absolute atomic E-state index is 9.83. The number of nitrogens with zero attached hydrogens (tertiary/aromatic N) is 3. The van der Waals surface area contributed by atoms with Gasteiger partial charge in [0, 0.05) is 11.1 Å². The summed E-state index contributed by atoms with van der Waals surface area (Å²) in [7, 11) is 1.52. The quantitative estimate of drug-likeness (QED) is 0.602. The van der Waals surface area contributed by atoms with E-state index in [9.17, 15) is 5.11 Å². The van der Waals surface area contributed by atoms with Gasteiger partial charge >= 0.3 is 0 Å². The van der Waals surface area contributed by atoms with Crippen LogP contribution in [0, 0.1) is 0 Å². The van der Waals surface area contributed by atoms with E-state index in [1.807, 2.05) is 30.3 Å². The van der Waals surface area contributed by atoms with Crippen LogP contribution in [0.2, 0.25) is 0 Å². The number of methoxy groups -OCH3 is 1. The SMILES string of the molecule is COc1cc(-c2cnc3ccc(-c4ccc5c(c4)OCO5)nn23)ccc1O. The summed E-state index contributed by atoms with van der Waals surface area (Å²) in [6, 6.07) is 14.7. The van der Waals surface area contributed by atoms with Crippen molar-refractivity contribution in [2.45, 2.75) is 0 Å². The van der Waals surface area contributed by atoms with Crippen LogP contribution < -0.4 is 14.2 Å². The van der Waals surface area contributed by atoms with E-state index in [2.05, 4.69) is 4.98 Å². The highest BCUT2D eigenvalue weighted by Gasteiger charge is 2.16. The molecule has 7 nitrogen and oxygen atoms in total. The molecular formula is C20H15N3O4. The second kappa shape index (κ2) is 5.91. The second-order valence-corrected chi connectivity index (χ2v) is 6.09. The molecule has 0 atom stereocenters. The molecular weight excluding hydrogens is 346 g/mol. The van der Waals surface area contributed by atoms with Gasteiger partial charge in [-0.1, -0.05) is 0 Å². The van der Waals surface area contributed by atoms with Gasteiger partial charge < -0.3 is 19.3 Å². The van der Waals surface area contributed by atoms with Crippen molar-refractivity contribution in [2.24, 2.45) is 0 Å². The first-order valence-electron chi connectivity index (χ1n) is 8.35. The molecule has 0 fully saturated rings. The molecule has 0 saturated carbocycles. The summed E-state index contributed by atoms with van der Waals surface area (Å²) in [5.41, 5.74) is 4.06. The van der Waals surface area contributed by atoms with Crippen LogP contribution >= 0.6 is 0 Å². The van der Waals surface area contributed by atoms with E-state index in [-0.39, 0.29) is 12.5 Å². The molecule has 7 heteroatoms. The summed E-state index contributed by atoms with van der Waals surface area (Å²) < 4.78 is 17.8. The average Bonchev–Trinajstić information content (AvgIpc) is 3.34. The summed E-state index contributed by atoms with van der Waals surface area (Å²) in [4.78, 5) is 4.42. The fraction of sp³-hybridized carbons (Fsp3) is 0.100. The Hall–Kier alpha value is -3.74. The van der Waals surface area contributed by atoms with Crippen molar-refractivity contribution in [3.8, 4) is 45.5 Å². The van der Waals surface area contributed by atoms with Crippen LogP contribution in [0.5, 0.6) is 23.0 Å². The molecule has 0 unspecified atom stereocenters. The molecule has 4 aromatic rings. The normalized spacial score (nSPS) is 12.5. The highest BCUT2D eigenvalue weighted by Crippen LogP contribution is 2.36. The lowest BCUT2D eigenvalue weighted by Gasteiger charge is -2.08. The number of aromatic nitrogens is 3. The monoisotopic (exact) mass is 361 g/mol. The lowest BCUT2D eigenvalue weighted by atomic mass is 10.1. The van der Waals surface area contributed by atoms with E-state index in [0.717, 1.165) is 33.9 Å². The number of phenols is 1. The predicted molar refractivity (Wildman–Crippen MR) is 98.2 cm³/mol. The molecule has 134 valence electrons. The number of hydrogen-bond acceptors (Lipinski definition) is 6. The van der Waals surface area contributed by atoms with Gasteiger partial charge in [0.2, 0.25) is 6.79 Å². The standard InChI is InChI=1S/C20H15N3O4/c1-25-18-9-13(2-5-16(18)24)15-10-21-20-7-4-14(22-23(15)20)12-3-6-17-19(8-12)27-11-26-17/h2-10,24H,11H2,1H3. The number of benzene rings is 2. The Kier molecular flexibility index (Phi) is 3.39. The van der Waals surface area contributed by atoms with Crippen molar-refractivity contribution in [1.82, 2.24) is 14.6 Å². The molecule has 27 heavy (non-hydrogen) atoms. The number of fused-ring (bicyclic) bond motifs is 2. The third-order valence-corrected chi connectivity index (χ3v) is 4.51. The van der Waals surface area contributed by atoms with E-state index in [0.29, 0.717) is 11.5 Å². The molecule has 1 aliphatic heterocycles. The zero-order valence-electron chi connectivity index (χ0n) is 14.4. The number of phenolic OH excluding ortho intramolecular Hbond substituents is 1. The first kappa shape index (κ1) is 15.5. The fourth-order valence-corrected chi connectivity index (χ4v) is 3.12. The summed E-state index contributed by atoms with van der Waals surface area (Å²) in [5, 5.41) is 14.6. The highest BCUT2D eigenvalue weighted by atomic mass is 16.7. The van der Waals surface area contributed by atoms with E-state index in [1.165, 1.54) is 7.11 Å². The van der Waals surface area contributed by atoms with Crippen molar-refractivity contribution in [3.05, 3.63) is 54.7 Å². The molecule has 0 bridgehead atoms. The molecule has 3 heterocycles. The smallest absolute Gasteiger partial charge is 0.231 e. The van der Waals surface area contributed by atoms with Crippen LogP contribution in [0.3, 0.4) is 0 Å². The van der Waals surface area contributed by atoms with Gasteiger partial charge in [-0.2, -0.15) is 5.10 Å². The molecule has 0 spiro atoms. The third-order valence-electron chi connectivity index (χ3n) is 4.51. The summed E-state index contributed by atoms with van der Waals surface area (Å²) in [6.07, 6.45) is 1.75. The molecule has 2 aromatic carbocycles. The van der Waals surface area contributed by atoms with Crippen LogP contribution in [0.25, 0.3) is 28.2 Å². The molecule has 1 N–H and O–H groups in total. The van der Waals surface area contributed by atoms with Gasteiger partial charge in [0.15, 0.2) is 28.6 Å². The van der Waals surface area contributed by atoms with E-state index in [1.54, 1.807) is 28.9 Å². The van der Waals surface area contributed by atoms with Gasteiger partial charge in [-0.15, -0.1) is 0 Å². The minimum absolute atomic E-state index is 0.0871. The maximum Gasteiger partial charge on any atom is 0.231 e. The molecule has 0 amide bonds. The number of hydrogen-bond donors (Lipinski definition) is 1. The second-order valence-electron chi connectivity index (χ2n) is 6.09. The zero-order valence-corrected chi connectivity index (χ0v) is 14.4. The Balaban J connectivity index is 1.63. The van der Waals surface area contributed by atoms with E-state index < -0.39 is 0 Å². The van der Waals surface area contributed by atoms with Crippen LogP contribution in [0.15, 0.2) is 54.7 Å². The van der Waals surface area contributed by atoms with Gasteiger partial charge in [-0.05, 0) is 48.5 Å². The largest absolute Gasteiger partial charge is 0.504 e. The molecule has 2 aromatic heterocycles. The highest BCUT2D eigenvalue weighted by molar-refractivity contribution is 5.69. The Bertz CT molecular complexity index is 1170. The lowest BCUT2D eigenvalue weighted by Crippen LogP contribution is -1.97. The summed E-state index contributed by atoms with van der Waals surface area (Å²) in [6.45, 7) is 0.236. The molecule has 0 aliphatic carbocycles.